The van der Waals surface area contributed by atoms with Gasteiger partial charge in [-0.1, -0.05) is 15.9 Å². The second-order valence-corrected chi connectivity index (χ2v) is 4.72. The van der Waals surface area contributed by atoms with Crippen LogP contribution in [0.5, 0.6) is 0 Å². The summed E-state index contributed by atoms with van der Waals surface area (Å²) in [4.78, 5) is 11.3. The highest BCUT2D eigenvalue weighted by Crippen LogP contribution is 2.24. The Balaban J connectivity index is 2.86. The Hall–Kier alpha value is -0.420. The molecule has 0 aliphatic rings. The van der Waals surface area contributed by atoms with Gasteiger partial charge in [0.2, 0.25) is 5.91 Å². The number of aryl methyl sites for hydroxylation is 1. The van der Waals surface area contributed by atoms with Gasteiger partial charge in [-0.2, -0.15) is 0 Å². The molecule has 0 bridgehead atoms. The quantitative estimate of drug-likeness (QED) is 0.838. The molecule has 0 aromatic heterocycles. The molecule has 82 valence electrons. The Bertz CT molecular complexity index is 382. The van der Waals surface area contributed by atoms with Crippen LogP contribution in [0, 0.1) is 12.7 Å². The van der Waals surface area contributed by atoms with E-state index >= 15 is 0 Å². The number of halogens is 3. The Kier molecular flexibility index (Phi) is 4.73. The van der Waals surface area contributed by atoms with E-state index in [1.165, 1.54) is 6.07 Å². The van der Waals surface area contributed by atoms with E-state index in [4.69, 9.17) is 0 Å². The van der Waals surface area contributed by atoms with Gasteiger partial charge >= 0.3 is 0 Å². The molecule has 1 aromatic carbocycles. The summed E-state index contributed by atoms with van der Waals surface area (Å²) >= 11 is 6.25. The van der Waals surface area contributed by atoms with Crippen molar-refractivity contribution >= 4 is 43.5 Å². The number of amides is 1. The maximum atomic E-state index is 13.1. The molecular weight excluding hydrogens is 329 g/mol. The van der Waals surface area contributed by atoms with Crippen molar-refractivity contribution in [3.05, 3.63) is 28.0 Å². The standard InChI is InChI=1S/C10H10Br2FNO/c1-6-4-8(13)7(12)5-9(6)14-10(15)2-3-11/h4-5H,2-3H2,1H3,(H,14,15). The van der Waals surface area contributed by atoms with E-state index in [9.17, 15) is 9.18 Å². The summed E-state index contributed by atoms with van der Waals surface area (Å²) < 4.78 is 13.4. The number of rotatable bonds is 3. The van der Waals surface area contributed by atoms with Crippen LogP contribution in [-0.4, -0.2) is 11.2 Å². The summed E-state index contributed by atoms with van der Waals surface area (Å²) in [6.07, 6.45) is 0.397. The van der Waals surface area contributed by atoms with Gasteiger partial charge in [0, 0.05) is 17.4 Å². The lowest BCUT2D eigenvalue weighted by Gasteiger charge is -2.08. The molecule has 0 aliphatic heterocycles. The molecule has 0 spiro atoms. The molecule has 0 aliphatic carbocycles. The van der Waals surface area contributed by atoms with Crippen molar-refractivity contribution in [2.45, 2.75) is 13.3 Å². The summed E-state index contributed by atoms with van der Waals surface area (Å²) in [6, 6.07) is 2.95. The first kappa shape index (κ1) is 12.6. The normalized spacial score (nSPS) is 10.1. The number of hydrogen-bond acceptors (Lipinski definition) is 1. The van der Waals surface area contributed by atoms with Crippen molar-refractivity contribution < 1.29 is 9.18 Å². The fraction of sp³-hybridized carbons (Fsp3) is 0.300. The molecule has 0 saturated carbocycles. The molecule has 0 fully saturated rings. The minimum atomic E-state index is -0.328. The molecule has 0 saturated heterocycles. The number of hydrogen-bond donors (Lipinski definition) is 1. The maximum absolute atomic E-state index is 13.1. The van der Waals surface area contributed by atoms with Crippen molar-refractivity contribution in [1.29, 1.82) is 0 Å². The minimum Gasteiger partial charge on any atom is -0.326 e. The summed E-state index contributed by atoms with van der Waals surface area (Å²) in [5, 5.41) is 3.32. The van der Waals surface area contributed by atoms with E-state index in [0.29, 0.717) is 27.5 Å². The van der Waals surface area contributed by atoms with E-state index in [2.05, 4.69) is 37.2 Å². The average Bonchev–Trinajstić information content (AvgIpc) is 2.14. The molecule has 0 radical (unpaired) electrons. The van der Waals surface area contributed by atoms with Crippen LogP contribution in [0.1, 0.15) is 12.0 Å². The molecular formula is C10H10Br2FNO. The number of anilines is 1. The first-order valence-corrected chi connectivity index (χ1v) is 6.27. The van der Waals surface area contributed by atoms with Gasteiger partial charge in [0.05, 0.1) is 4.47 Å². The Morgan fingerprint density at radius 3 is 2.80 bits per heavy atom. The predicted octanol–water partition coefficient (Wildman–Crippen LogP) is 3.62. The van der Waals surface area contributed by atoms with Crippen molar-refractivity contribution in [3.8, 4) is 0 Å². The van der Waals surface area contributed by atoms with Crippen LogP contribution in [0.25, 0.3) is 0 Å². The van der Waals surface area contributed by atoms with Gasteiger partial charge in [-0.3, -0.25) is 4.79 Å². The monoisotopic (exact) mass is 337 g/mol. The van der Waals surface area contributed by atoms with Gasteiger partial charge in [-0.05, 0) is 40.5 Å². The molecule has 0 heterocycles. The van der Waals surface area contributed by atoms with Crippen molar-refractivity contribution in [2.75, 3.05) is 10.6 Å². The van der Waals surface area contributed by atoms with Crippen LogP contribution in [0.4, 0.5) is 10.1 Å². The zero-order chi connectivity index (χ0) is 11.4. The van der Waals surface area contributed by atoms with Crippen LogP contribution in [0.2, 0.25) is 0 Å². The highest BCUT2D eigenvalue weighted by molar-refractivity contribution is 9.10. The third-order valence-corrected chi connectivity index (χ3v) is 2.87. The van der Waals surface area contributed by atoms with Crippen LogP contribution in [-0.2, 0) is 4.79 Å². The lowest BCUT2D eigenvalue weighted by Crippen LogP contribution is -2.12. The molecule has 2 nitrogen and oxygen atoms in total. The predicted molar refractivity (Wildman–Crippen MR) is 65.9 cm³/mol. The average molecular weight is 339 g/mol. The third-order valence-electron chi connectivity index (χ3n) is 1.86. The van der Waals surface area contributed by atoms with Crippen molar-refractivity contribution in [3.63, 3.8) is 0 Å². The number of nitrogens with one attached hydrogen (secondary N) is 1. The fourth-order valence-electron chi connectivity index (χ4n) is 1.08. The van der Waals surface area contributed by atoms with Crippen LogP contribution < -0.4 is 5.32 Å². The zero-order valence-corrected chi connectivity index (χ0v) is 11.3. The molecule has 15 heavy (non-hydrogen) atoms. The summed E-state index contributed by atoms with van der Waals surface area (Å²) in [6.45, 7) is 1.75. The second-order valence-electron chi connectivity index (χ2n) is 3.07. The van der Waals surface area contributed by atoms with Crippen molar-refractivity contribution in [1.82, 2.24) is 0 Å². The SMILES string of the molecule is Cc1cc(F)c(Br)cc1NC(=O)CCBr. The number of alkyl halides is 1. The highest BCUT2D eigenvalue weighted by atomic mass is 79.9. The first-order valence-electron chi connectivity index (χ1n) is 4.36. The van der Waals surface area contributed by atoms with Gasteiger partial charge < -0.3 is 5.32 Å². The molecule has 1 rings (SSSR count). The van der Waals surface area contributed by atoms with Gasteiger partial charge in [-0.25, -0.2) is 4.39 Å². The largest absolute Gasteiger partial charge is 0.326 e. The zero-order valence-electron chi connectivity index (χ0n) is 8.11. The number of benzene rings is 1. The molecule has 0 unspecified atom stereocenters. The van der Waals surface area contributed by atoms with Crippen LogP contribution in [0.3, 0.4) is 0 Å². The van der Waals surface area contributed by atoms with Gasteiger partial charge in [0.15, 0.2) is 0 Å². The molecule has 1 aromatic rings. The van der Waals surface area contributed by atoms with Crippen LogP contribution in [0.15, 0.2) is 16.6 Å². The van der Waals surface area contributed by atoms with E-state index in [1.54, 1.807) is 13.0 Å². The third kappa shape index (κ3) is 3.57. The Labute approximate surface area is 105 Å². The smallest absolute Gasteiger partial charge is 0.225 e. The van der Waals surface area contributed by atoms with Crippen LogP contribution >= 0.6 is 31.9 Å². The summed E-state index contributed by atoms with van der Waals surface area (Å²) in [5.74, 6) is -0.417. The summed E-state index contributed by atoms with van der Waals surface area (Å²) in [5.41, 5.74) is 1.34. The van der Waals surface area contributed by atoms with E-state index in [1.807, 2.05) is 0 Å². The Morgan fingerprint density at radius 2 is 2.20 bits per heavy atom. The summed E-state index contributed by atoms with van der Waals surface area (Å²) in [7, 11) is 0. The minimum absolute atomic E-state index is 0.0894. The molecule has 5 heteroatoms. The second kappa shape index (κ2) is 5.61. The first-order chi connectivity index (χ1) is 7.04. The molecule has 1 N–H and O–H groups in total. The molecule has 0 atom stereocenters. The van der Waals surface area contributed by atoms with Gasteiger partial charge in [0.25, 0.3) is 0 Å². The van der Waals surface area contributed by atoms with Gasteiger partial charge in [-0.15, -0.1) is 0 Å². The highest BCUT2D eigenvalue weighted by Gasteiger charge is 2.07. The lowest BCUT2D eigenvalue weighted by atomic mass is 10.2. The van der Waals surface area contributed by atoms with E-state index < -0.39 is 0 Å². The Morgan fingerprint density at radius 1 is 1.53 bits per heavy atom. The van der Waals surface area contributed by atoms with E-state index in [0.717, 1.165) is 0 Å². The number of carbonyl (C=O) groups excluding carboxylic acids is 1. The van der Waals surface area contributed by atoms with E-state index in [-0.39, 0.29) is 11.7 Å². The fourth-order valence-corrected chi connectivity index (χ4v) is 1.78. The van der Waals surface area contributed by atoms with Gasteiger partial charge in [0.1, 0.15) is 5.82 Å². The lowest BCUT2D eigenvalue weighted by molar-refractivity contribution is -0.115. The molecule has 1 amide bonds. The maximum Gasteiger partial charge on any atom is 0.225 e. The van der Waals surface area contributed by atoms with Crippen molar-refractivity contribution in [2.24, 2.45) is 0 Å². The number of carbonyl (C=O) groups is 1. The topological polar surface area (TPSA) is 29.1 Å².